The first-order valence-electron chi connectivity index (χ1n) is 3.79. The van der Waals surface area contributed by atoms with E-state index in [0.717, 1.165) is 12.1 Å². The first-order chi connectivity index (χ1) is 7.22. The van der Waals surface area contributed by atoms with E-state index in [-0.39, 0.29) is 10.2 Å². The average Bonchev–Trinajstić information content (AvgIpc) is 2.07. The van der Waals surface area contributed by atoms with Crippen molar-refractivity contribution in [3.63, 3.8) is 0 Å². The fourth-order valence-electron chi connectivity index (χ4n) is 0.993. The molecule has 0 atom stereocenters. The number of aromatic carboxylic acids is 1. The van der Waals surface area contributed by atoms with Gasteiger partial charge in [0.25, 0.3) is 0 Å². The van der Waals surface area contributed by atoms with E-state index in [0.29, 0.717) is 0 Å². The van der Waals surface area contributed by atoms with Crippen molar-refractivity contribution in [2.75, 3.05) is 5.73 Å². The number of benzene rings is 1. The molecule has 0 aliphatic rings. The molecule has 0 radical (unpaired) electrons. The fraction of sp³-hybridized carbons (Fsp3) is 0.125. The Morgan fingerprint density at radius 2 is 2.00 bits per heavy atom. The Kier molecular flexibility index (Phi) is 3.32. The van der Waals surface area contributed by atoms with Gasteiger partial charge in [0.05, 0.1) is 4.47 Å². The molecule has 8 heteroatoms. The van der Waals surface area contributed by atoms with Crippen LogP contribution in [0, 0.1) is 0 Å². The second-order valence-electron chi connectivity index (χ2n) is 2.69. The van der Waals surface area contributed by atoms with E-state index in [2.05, 4.69) is 20.7 Å². The molecule has 88 valence electrons. The summed E-state index contributed by atoms with van der Waals surface area (Å²) in [7, 11) is 0. The molecule has 0 saturated heterocycles. The Bertz CT molecular complexity index is 433. The highest BCUT2D eigenvalue weighted by molar-refractivity contribution is 9.10. The SMILES string of the molecule is Nc1ccc(OC(F)(F)F)c(Br)c1C(=O)O. The predicted molar refractivity (Wildman–Crippen MR) is 52.2 cm³/mol. The lowest BCUT2D eigenvalue weighted by atomic mass is 10.2. The van der Waals surface area contributed by atoms with Gasteiger partial charge < -0.3 is 15.6 Å². The summed E-state index contributed by atoms with van der Waals surface area (Å²) in [5.41, 5.74) is 4.68. The molecule has 0 aliphatic carbocycles. The third-order valence-electron chi connectivity index (χ3n) is 1.58. The summed E-state index contributed by atoms with van der Waals surface area (Å²) in [5.74, 6) is -2.10. The summed E-state index contributed by atoms with van der Waals surface area (Å²) in [6.07, 6.45) is -4.89. The molecule has 0 spiro atoms. The first kappa shape index (κ1) is 12.6. The van der Waals surface area contributed by atoms with Gasteiger partial charge in [0, 0.05) is 5.69 Å². The molecule has 0 fully saturated rings. The van der Waals surface area contributed by atoms with Crippen LogP contribution in [0.1, 0.15) is 10.4 Å². The largest absolute Gasteiger partial charge is 0.573 e. The lowest BCUT2D eigenvalue weighted by Gasteiger charge is -2.12. The van der Waals surface area contributed by atoms with Gasteiger partial charge in [-0.2, -0.15) is 0 Å². The maximum atomic E-state index is 11.9. The van der Waals surface area contributed by atoms with Crippen molar-refractivity contribution in [1.29, 1.82) is 0 Å². The maximum Gasteiger partial charge on any atom is 0.573 e. The van der Waals surface area contributed by atoms with Crippen LogP contribution in [-0.4, -0.2) is 17.4 Å². The third-order valence-corrected chi connectivity index (χ3v) is 2.37. The molecule has 0 heterocycles. The van der Waals surface area contributed by atoms with Crippen LogP contribution in [0.25, 0.3) is 0 Å². The highest BCUT2D eigenvalue weighted by Gasteiger charge is 2.33. The lowest BCUT2D eigenvalue weighted by Crippen LogP contribution is -2.18. The van der Waals surface area contributed by atoms with Crippen molar-refractivity contribution in [2.45, 2.75) is 6.36 Å². The molecule has 0 aliphatic heterocycles. The van der Waals surface area contributed by atoms with Gasteiger partial charge in [-0.3, -0.25) is 0 Å². The van der Waals surface area contributed by atoms with Crippen LogP contribution in [0.4, 0.5) is 18.9 Å². The maximum absolute atomic E-state index is 11.9. The van der Waals surface area contributed by atoms with E-state index in [1.54, 1.807) is 0 Å². The molecule has 3 N–H and O–H groups in total. The van der Waals surface area contributed by atoms with Gasteiger partial charge in [-0.25, -0.2) is 4.79 Å². The summed E-state index contributed by atoms with van der Waals surface area (Å²) in [5, 5.41) is 8.72. The minimum atomic E-state index is -4.89. The number of ether oxygens (including phenoxy) is 1. The monoisotopic (exact) mass is 299 g/mol. The molecule has 1 aromatic rings. The molecule has 4 nitrogen and oxygen atoms in total. The molecule has 1 rings (SSSR count). The molecule has 0 aromatic heterocycles. The lowest BCUT2D eigenvalue weighted by molar-refractivity contribution is -0.274. The fourth-order valence-corrected chi connectivity index (χ4v) is 1.60. The molecule has 0 saturated carbocycles. The second kappa shape index (κ2) is 4.20. The molecule has 1 aromatic carbocycles. The summed E-state index contributed by atoms with van der Waals surface area (Å²) < 4.78 is 39.1. The number of carboxylic acid groups (broad SMARTS) is 1. The average molecular weight is 300 g/mol. The number of nitrogen functional groups attached to an aromatic ring is 1. The first-order valence-corrected chi connectivity index (χ1v) is 4.58. The zero-order valence-electron chi connectivity index (χ0n) is 7.51. The number of hydrogen-bond donors (Lipinski definition) is 2. The number of nitrogens with two attached hydrogens (primary N) is 1. The van der Waals surface area contributed by atoms with E-state index in [1.165, 1.54) is 0 Å². The minimum Gasteiger partial charge on any atom is -0.478 e. The van der Waals surface area contributed by atoms with Gasteiger partial charge >= 0.3 is 12.3 Å². The van der Waals surface area contributed by atoms with Crippen molar-refractivity contribution < 1.29 is 27.8 Å². The molecular weight excluding hydrogens is 295 g/mol. The number of anilines is 1. The molecular formula is C8H5BrF3NO3. The number of carbonyl (C=O) groups is 1. The highest BCUT2D eigenvalue weighted by atomic mass is 79.9. The Hall–Kier alpha value is -1.44. The van der Waals surface area contributed by atoms with Gasteiger partial charge in [0.1, 0.15) is 11.3 Å². The van der Waals surface area contributed by atoms with Crippen molar-refractivity contribution >= 4 is 27.6 Å². The number of alkyl halides is 3. The minimum absolute atomic E-state index is 0.158. The third kappa shape index (κ3) is 2.78. The molecule has 0 amide bonds. The normalized spacial score (nSPS) is 11.2. The van der Waals surface area contributed by atoms with E-state index in [1.807, 2.05) is 0 Å². The topological polar surface area (TPSA) is 72.5 Å². The van der Waals surface area contributed by atoms with Gasteiger partial charge in [-0.1, -0.05) is 0 Å². The van der Waals surface area contributed by atoms with E-state index >= 15 is 0 Å². The second-order valence-corrected chi connectivity index (χ2v) is 3.49. The van der Waals surface area contributed by atoms with Crippen molar-refractivity contribution in [1.82, 2.24) is 0 Å². The quantitative estimate of drug-likeness (QED) is 0.824. The van der Waals surface area contributed by atoms with Crippen molar-refractivity contribution in [2.24, 2.45) is 0 Å². The van der Waals surface area contributed by atoms with Crippen LogP contribution in [-0.2, 0) is 0 Å². The Morgan fingerprint density at radius 3 is 2.44 bits per heavy atom. The predicted octanol–water partition coefficient (Wildman–Crippen LogP) is 2.63. The Labute approximate surface area is 95.9 Å². The van der Waals surface area contributed by atoms with Gasteiger partial charge in [-0.05, 0) is 28.1 Å². The molecule has 0 bridgehead atoms. The summed E-state index contributed by atoms with van der Waals surface area (Å²) in [6.45, 7) is 0. The van der Waals surface area contributed by atoms with E-state index in [9.17, 15) is 18.0 Å². The van der Waals surface area contributed by atoms with Crippen LogP contribution < -0.4 is 10.5 Å². The van der Waals surface area contributed by atoms with Crippen LogP contribution in [0.3, 0.4) is 0 Å². The summed E-state index contributed by atoms with van der Waals surface area (Å²) >= 11 is 2.70. The van der Waals surface area contributed by atoms with Crippen LogP contribution in [0.15, 0.2) is 16.6 Å². The van der Waals surface area contributed by atoms with Crippen molar-refractivity contribution in [3.8, 4) is 5.75 Å². The zero-order chi connectivity index (χ0) is 12.5. The molecule has 0 unspecified atom stereocenters. The zero-order valence-corrected chi connectivity index (χ0v) is 9.09. The van der Waals surface area contributed by atoms with E-state index < -0.39 is 23.6 Å². The van der Waals surface area contributed by atoms with E-state index in [4.69, 9.17) is 10.8 Å². The summed E-state index contributed by atoms with van der Waals surface area (Å²) in [6, 6.07) is 1.95. The number of halogens is 4. The number of hydrogen-bond acceptors (Lipinski definition) is 3. The van der Waals surface area contributed by atoms with Gasteiger partial charge in [0.2, 0.25) is 0 Å². The van der Waals surface area contributed by atoms with Crippen molar-refractivity contribution in [3.05, 3.63) is 22.2 Å². The smallest absolute Gasteiger partial charge is 0.478 e. The molecule has 16 heavy (non-hydrogen) atoms. The Morgan fingerprint density at radius 1 is 1.44 bits per heavy atom. The van der Waals surface area contributed by atoms with Crippen LogP contribution >= 0.6 is 15.9 Å². The Balaban J connectivity index is 3.24. The van der Waals surface area contributed by atoms with Crippen LogP contribution in [0.2, 0.25) is 0 Å². The van der Waals surface area contributed by atoms with Crippen LogP contribution in [0.5, 0.6) is 5.75 Å². The van der Waals surface area contributed by atoms with Gasteiger partial charge in [-0.15, -0.1) is 13.2 Å². The van der Waals surface area contributed by atoms with Gasteiger partial charge in [0.15, 0.2) is 0 Å². The number of carboxylic acids is 1. The highest BCUT2D eigenvalue weighted by Crippen LogP contribution is 2.35. The number of rotatable bonds is 2. The summed E-state index contributed by atoms with van der Waals surface area (Å²) in [4.78, 5) is 10.7. The standard InChI is InChI=1S/C8H5BrF3NO3/c9-6-4(16-8(10,11)12)2-1-3(13)5(6)7(14)15/h1-2H,13H2,(H,14,15).